The average molecular weight is 146 g/mol. The van der Waals surface area contributed by atoms with Crippen LogP contribution in [0, 0.1) is 0 Å². The third-order valence-electron chi connectivity index (χ3n) is 1.37. The summed E-state index contributed by atoms with van der Waals surface area (Å²) in [6.07, 6.45) is 3.02. The van der Waals surface area contributed by atoms with E-state index in [9.17, 15) is 0 Å². The zero-order chi connectivity index (χ0) is 7.52. The van der Waals surface area contributed by atoms with Crippen molar-refractivity contribution in [2.24, 2.45) is 10.1 Å². The van der Waals surface area contributed by atoms with E-state index in [1.807, 2.05) is 24.3 Å². The van der Waals surface area contributed by atoms with Crippen LogP contribution in [0.2, 0.25) is 0 Å². The first-order valence-corrected chi connectivity index (χ1v) is 3.28. The van der Waals surface area contributed by atoms with Crippen LogP contribution in [0.1, 0.15) is 0 Å². The van der Waals surface area contributed by atoms with Gasteiger partial charge in [-0.15, -0.1) is 0 Å². The molecule has 0 atom stereocenters. The number of benzene rings is 1. The molecule has 1 heterocycles. The van der Waals surface area contributed by atoms with Crippen molar-refractivity contribution in [2.45, 2.75) is 0 Å². The van der Waals surface area contributed by atoms with Crippen LogP contribution >= 0.6 is 0 Å². The van der Waals surface area contributed by atoms with E-state index in [1.165, 1.54) is 6.26 Å². The van der Waals surface area contributed by atoms with E-state index in [0.29, 0.717) is 0 Å². The minimum absolute atomic E-state index is 0.762. The van der Waals surface area contributed by atoms with Gasteiger partial charge in [-0.1, -0.05) is 17.3 Å². The lowest BCUT2D eigenvalue weighted by Crippen LogP contribution is -2.23. The van der Waals surface area contributed by atoms with Crippen molar-refractivity contribution >= 4 is 0 Å². The lowest BCUT2D eigenvalue weighted by atomic mass is 10.3. The Balaban J connectivity index is 2.81. The van der Waals surface area contributed by atoms with Gasteiger partial charge in [-0.25, -0.2) is 0 Å². The number of nitrogens with zero attached hydrogens (tertiary/aromatic N) is 2. The number of para-hydroxylation sites is 1. The Morgan fingerprint density at radius 1 is 1.09 bits per heavy atom. The fraction of sp³-hybridized carbons (Fsp3) is 0. The second kappa shape index (κ2) is 2.54. The molecule has 0 saturated heterocycles. The molecule has 1 aliphatic rings. The Labute approximate surface area is 63.3 Å². The van der Waals surface area contributed by atoms with Gasteiger partial charge >= 0.3 is 0 Å². The third-order valence-corrected chi connectivity index (χ3v) is 1.37. The van der Waals surface area contributed by atoms with Gasteiger partial charge < -0.3 is 4.84 Å². The maximum Gasteiger partial charge on any atom is 0.140 e. The summed E-state index contributed by atoms with van der Waals surface area (Å²) >= 11 is 0. The molecule has 0 bridgehead atoms. The standard InChI is InChI=1S/C8H6N2O/c1-2-4-8-7(3-1)9-5-6-11-10-8/h1-6H. The van der Waals surface area contributed by atoms with E-state index in [0.717, 1.165) is 10.7 Å². The summed E-state index contributed by atoms with van der Waals surface area (Å²) in [5.41, 5.74) is 0. The number of hydrogen-bond acceptors (Lipinski definition) is 3. The molecule has 0 unspecified atom stereocenters. The van der Waals surface area contributed by atoms with Crippen LogP contribution in [0.4, 0.5) is 0 Å². The van der Waals surface area contributed by atoms with Gasteiger partial charge in [0.1, 0.15) is 11.6 Å². The van der Waals surface area contributed by atoms with Crippen LogP contribution in [0.15, 0.2) is 46.9 Å². The molecule has 54 valence electrons. The number of fused-ring (bicyclic) bond motifs is 1. The van der Waals surface area contributed by atoms with Crippen LogP contribution in [-0.2, 0) is 4.84 Å². The summed E-state index contributed by atoms with van der Waals surface area (Å²) in [4.78, 5) is 8.86. The van der Waals surface area contributed by atoms with Crippen molar-refractivity contribution < 1.29 is 4.84 Å². The van der Waals surface area contributed by atoms with Gasteiger partial charge in [-0.05, 0) is 12.1 Å². The fourth-order valence-electron chi connectivity index (χ4n) is 0.876. The highest BCUT2D eigenvalue weighted by atomic mass is 16.6. The van der Waals surface area contributed by atoms with Gasteiger partial charge in [0.15, 0.2) is 0 Å². The highest BCUT2D eigenvalue weighted by Gasteiger charge is 1.87. The van der Waals surface area contributed by atoms with Crippen molar-refractivity contribution in [3.8, 4) is 0 Å². The van der Waals surface area contributed by atoms with Crippen molar-refractivity contribution in [3.63, 3.8) is 0 Å². The summed E-state index contributed by atoms with van der Waals surface area (Å²) in [6, 6.07) is 7.55. The van der Waals surface area contributed by atoms with Gasteiger partial charge in [0, 0.05) is 0 Å². The Hall–Kier alpha value is -1.64. The molecule has 3 heteroatoms. The van der Waals surface area contributed by atoms with E-state index in [1.54, 1.807) is 6.20 Å². The largest absolute Gasteiger partial charge is 0.363 e. The van der Waals surface area contributed by atoms with Gasteiger partial charge in [0.2, 0.25) is 0 Å². The summed E-state index contributed by atoms with van der Waals surface area (Å²) in [5, 5.41) is 5.40. The second-order valence-corrected chi connectivity index (χ2v) is 2.10. The van der Waals surface area contributed by atoms with Crippen LogP contribution in [0.5, 0.6) is 0 Å². The van der Waals surface area contributed by atoms with E-state index in [2.05, 4.69) is 10.1 Å². The SMILES string of the molecule is C1=CON=c2ccccc2=N1. The van der Waals surface area contributed by atoms with Crippen LogP contribution in [-0.4, -0.2) is 0 Å². The maximum atomic E-state index is 4.77. The first-order chi connectivity index (χ1) is 5.47. The monoisotopic (exact) mass is 146 g/mol. The van der Waals surface area contributed by atoms with Crippen LogP contribution in [0.25, 0.3) is 0 Å². The molecule has 0 radical (unpaired) electrons. The minimum Gasteiger partial charge on any atom is -0.363 e. The molecule has 3 nitrogen and oxygen atoms in total. The summed E-state index contributed by atoms with van der Waals surface area (Å²) in [5.74, 6) is 0. The predicted octanol–water partition coefficient (Wildman–Crippen LogP) is 0.342. The highest BCUT2D eigenvalue weighted by molar-refractivity contribution is 5.01. The van der Waals surface area contributed by atoms with Gasteiger partial charge in [-0.2, -0.15) is 0 Å². The Morgan fingerprint density at radius 3 is 2.82 bits per heavy atom. The molecule has 0 amide bonds. The topological polar surface area (TPSA) is 34.0 Å². The highest BCUT2D eigenvalue weighted by Crippen LogP contribution is 1.81. The first kappa shape index (κ1) is 6.09. The van der Waals surface area contributed by atoms with Gasteiger partial charge in [0.25, 0.3) is 0 Å². The average Bonchev–Trinajstić information content (AvgIpc) is 2.28. The zero-order valence-corrected chi connectivity index (χ0v) is 5.77. The van der Waals surface area contributed by atoms with Crippen molar-refractivity contribution in [2.75, 3.05) is 0 Å². The molecule has 0 fully saturated rings. The molecule has 11 heavy (non-hydrogen) atoms. The molecule has 1 aromatic rings. The Kier molecular flexibility index (Phi) is 1.41. The van der Waals surface area contributed by atoms with Crippen LogP contribution in [0.3, 0.4) is 0 Å². The fourth-order valence-corrected chi connectivity index (χ4v) is 0.876. The molecular weight excluding hydrogens is 140 g/mol. The smallest absolute Gasteiger partial charge is 0.140 e. The normalized spacial score (nSPS) is 13.5. The maximum absolute atomic E-state index is 4.77. The molecule has 0 spiro atoms. The lowest BCUT2D eigenvalue weighted by molar-refractivity contribution is 0.254. The van der Waals surface area contributed by atoms with E-state index < -0.39 is 0 Å². The molecule has 1 aromatic carbocycles. The van der Waals surface area contributed by atoms with E-state index in [4.69, 9.17) is 4.84 Å². The molecule has 1 aliphatic heterocycles. The summed E-state index contributed by atoms with van der Waals surface area (Å²) < 4.78 is 0. The molecule has 0 saturated carbocycles. The van der Waals surface area contributed by atoms with Crippen molar-refractivity contribution in [3.05, 3.63) is 47.4 Å². The number of rotatable bonds is 0. The second-order valence-electron chi connectivity index (χ2n) is 2.10. The van der Waals surface area contributed by atoms with Crippen LogP contribution < -0.4 is 10.7 Å². The molecule has 0 aromatic heterocycles. The van der Waals surface area contributed by atoms with E-state index >= 15 is 0 Å². The predicted molar refractivity (Wildman–Crippen MR) is 39.0 cm³/mol. The Bertz CT molecular complexity index is 395. The third kappa shape index (κ3) is 1.12. The first-order valence-electron chi connectivity index (χ1n) is 3.28. The minimum atomic E-state index is 0.762. The summed E-state index contributed by atoms with van der Waals surface area (Å²) in [6.45, 7) is 0. The molecule has 0 aliphatic carbocycles. The quantitative estimate of drug-likeness (QED) is 0.519. The molecule has 0 N–H and O–H groups in total. The van der Waals surface area contributed by atoms with Crippen molar-refractivity contribution in [1.82, 2.24) is 0 Å². The Morgan fingerprint density at radius 2 is 1.91 bits per heavy atom. The van der Waals surface area contributed by atoms with Crippen molar-refractivity contribution in [1.29, 1.82) is 0 Å². The molecule has 2 rings (SSSR count). The van der Waals surface area contributed by atoms with Gasteiger partial charge in [-0.3, -0.25) is 4.99 Å². The van der Waals surface area contributed by atoms with E-state index in [-0.39, 0.29) is 0 Å². The lowest BCUT2D eigenvalue weighted by Gasteiger charge is -1.83. The van der Waals surface area contributed by atoms with Gasteiger partial charge in [0.05, 0.1) is 11.6 Å². The number of hydrogen-bond donors (Lipinski definition) is 0. The summed E-state index contributed by atoms with van der Waals surface area (Å²) in [7, 11) is 0. The zero-order valence-electron chi connectivity index (χ0n) is 5.77. The molecular formula is C8H6N2O.